The second kappa shape index (κ2) is 7.74. The van der Waals surface area contributed by atoms with E-state index in [0.717, 1.165) is 52.2 Å². The molecule has 0 amide bonds. The molecule has 20 heavy (non-hydrogen) atoms. The van der Waals surface area contributed by atoms with E-state index in [4.69, 9.17) is 15.2 Å². The third-order valence-electron chi connectivity index (χ3n) is 4.64. The van der Waals surface area contributed by atoms with Crippen molar-refractivity contribution in [3.8, 4) is 0 Å². The van der Waals surface area contributed by atoms with Gasteiger partial charge in [0.2, 0.25) is 0 Å². The van der Waals surface area contributed by atoms with Crippen LogP contribution in [0.3, 0.4) is 0 Å². The number of hydrogen-bond acceptors (Lipinski definition) is 4. The van der Waals surface area contributed by atoms with Crippen molar-refractivity contribution in [3.05, 3.63) is 0 Å². The lowest BCUT2D eigenvalue weighted by atomic mass is 9.83. The molecule has 2 heterocycles. The highest BCUT2D eigenvalue weighted by molar-refractivity contribution is 4.92. The smallest absolute Gasteiger partial charge is 0.0741 e. The van der Waals surface area contributed by atoms with Crippen LogP contribution in [0.2, 0.25) is 0 Å². The average molecular weight is 284 g/mol. The van der Waals surface area contributed by atoms with Gasteiger partial charge in [-0.3, -0.25) is 4.90 Å². The Balaban J connectivity index is 1.96. The van der Waals surface area contributed by atoms with Gasteiger partial charge in [0.25, 0.3) is 0 Å². The summed E-state index contributed by atoms with van der Waals surface area (Å²) in [6.07, 6.45) is 5.57. The topological polar surface area (TPSA) is 47.7 Å². The summed E-state index contributed by atoms with van der Waals surface area (Å²) < 4.78 is 11.7. The van der Waals surface area contributed by atoms with E-state index in [-0.39, 0.29) is 5.60 Å². The van der Waals surface area contributed by atoms with Crippen molar-refractivity contribution in [2.75, 3.05) is 39.5 Å². The van der Waals surface area contributed by atoms with Gasteiger partial charge >= 0.3 is 0 Å². The second-order valence-electron chi connectivity index (χ2n) is 6.82. The first-order valence-corrected chi connectivity index (χ1v) is 8.31. The third kappa shape index (κ3) is 4.42. The molecule has 0 bridgehead atoms. The molecule has 0 saturated carbocycles. The Bertz CT molecular complexity index is 272. The summed E-state index contributed by atoms with van der Waals surface area (Å²) in [5, 5.41) is 0. The van der Waals surface area contributed by atoms with Crippen LogP contribution in [0, 0.1) is 5.92 Å². The molecule has 0 aliphatic carbocycles. The van der Waals surface area contributed by atoms with Gasteiger partial charge < -0.3 is 15.2 Å². The molecule has 4 heteroatoms. The number of nitrogens with zero attached hydrogens (tertiary/aromatic N) is 1. The lowest BCUT2D eigenvalue weighted by molar-refractivity contribution is -0.152. The first-order chi connectivity index (χ1) is 9.65. The first-order valence-electron chi connectivity index (χ1n) is 8.31. The molecule has 2 N–H and O–H groups in total. The fraction of sp³-hybridized carbons (Fsp3) is 1.00. The molecule has 1 unspecified atom stereocenters. The van der Waals surface area contributed by atoms with E-state index in [1.807, 2.05) is 0 Å². The van der Waals surface area contributed by atoms with Gasteiger partial charge in [0.05, 0.1) is 5.60 Å². The van der Waals surface area contributed by atoms with Crippen LogP contribution in [0.15, 0.2) is 0 Å². The van der Waals surface area contributed by atoms with E-state index >= 15 is 0 Å². The van der Waals surface area contributed by atoms with Gasteiger partial charge in [-0.1, -0.05) is 13.8 Å². The highest BCUT2D eigenvalue weighted by atomic mass is 16.5. The van der Waals surface area contributed by atoms with E-state index in [1.54, 1.807) is 0 Å². The molecule has 1 atom stereocenters. The fourth-order valence-electron chi connectivity index (χ4n) is 3.59. The Hall–Kier alpha value is -0.160. The number of rotatable bonds is 6. The lowest BCUT2D eigenvalue weighted by Gasteiger charge is -2.46. The predicted molar refractivity (Wildman–Crippen MR) is 81.8 cm³/mol. The highest BCUT2D eigenvalue weighted by Gasteiger charge is 2.40. The summed E-state index contributed by atoms with van der Waals surface area (Å²) in [6, 6.07) is 0.663. The van der Waals surface area contributed by atoms with Crippen molar-refractivity contribution in [2.24, 2.45) is 11.7 Å². The minimum Gasteiger partial charge on any atom is -0.381 e. The van der Waals surface area contributed by atoms with Crippen LogP contribution in [0.25, 0.3) is 0 Å². The Morgan fingerprint density at radius 3 is 2.65 bits per heavy atom. The Morgan fingerprint density at radius 1 is 1.25 bits per heavy atom. The quantitative estimate of drug-likeness (QED) is 0.810. The molecule has 1 spiro atoms. The monoisotopic (exact) mass is 284 g/mol. The molecule has 2 aliphatic heterocycles. The minimum absolute atomic E-state index is 0.0963. The van der Waals surface area contributed by atoms with Crippen molar-refractivity contribution >= 4 is 0 Å². The maximum absolute atomic E-state index is 6.16. The lowest BCUT2D eigenvalue weighted by Crippen LogP contribution is -2.52. The van der Waals surface area contributed by atoms with Gasteiger partial charge in [0.15, 0.2) is 0 Å². The molecule has 118 valence electrons. The van der Waals surface area contributed by atoms with Crippen molar-refractivity contribution in [1.29, 1.82) is 0 Å². The van der Waals surface area contributed by atoms with E-state index in [9.17, 15) is 0 Å². The molecule has 2 fully saturated rings. The van der Waals surface area contributed by atoms with E-state index in [0.29, 0.717) is 12.0 Å². The summed E-state index contributed by atoms with van der Waals surface area (Å²) in [7, 11) is 0. The summed E-state index contributed by atoms with van der Waals surface area (Å²) in [4.78, 5) is 2.66. The van der Waals surface area contributed by atoms with Gasteiger partial charge in [-0.25, -0.2) is 0 Å². The molecular weight excluding hydrogens is 252 g/mol. The molecule has 2 aliphatic rings. The zero-order valence-electron chi connectivity index (χ0n) is 13.3. The highest BCUT2D eigenvalue weighted by Crippen LogP contribution is 2.36. The van der Waals surface area contributed by atoms with Crippen LogP contribution in [0.5, 0.6) is 0 Å². The zero-order chi connectivity index (χ0) is 14.4. The predicted octanol–water partition coefficient (Wildman–Crippen LogP) is 2.02. The van der Waals surface area contributed by atoms with E-state index < -0.39 is 0 Å². The molecule has 0 radical (unpaired) electrons. The molecule has 2 saturated heterocycles. The van der Waals surface area contributed by atoms with Crippen LogP contribution < -0.4 is 5.73 Å². The minimum atomic E-state index is 0.0963. The number of ether oxygens (including phenoxy) is 2. The van der Waals surface area contributed by atoms with Crippen molar-refractivity contribution in [3.63, 3.8) is 0 Å². The average Bonchev–Trinajstić information content (AvgIpc) is 2.44. The van der Waals surface area contributed by atoms with Crippen LogP contribution in [-0.4, -0.2) is 56.0 Å². The molecular formula is C16H32N2O2. The van der Waals surface area contributed by atoms with Crippen LogP contribution in [0.1, 0.15) is 46.0 Å². The van der Waals surface area contributed by atoms with Gasteiger partial charge in [0.1, 0.15) is 0 Å². The molecule has 0 aromatic carbocycles. The Morgan fingerprint density at radius 2 is 2.00 bits per heavy atom. The normalized spacial score (nSPS) is 26.6. The molecule has 0 aromatic heterocycles. The summed E-state index contributed by atoms with van der Waals surface area (Å²) in [5.74, 6) is 0.709. The summed E-state index contributed by atoms with van der Waals surface area (Å²) >= 11 is 0. The zero-order valence-corrected chi connectivity index (χ0v) is 13.3. The van der Waals surface area contributed by atoms with Gasteiger partial charge in [0, 0.05) is 32.4 Å². The number of hydrogen-bond donors (Lipinski definition) is 1. The maximum Gasteiger partial charge on any atom is 0.0741 e. The fourth-order valence-corrected chi connectivity index (χ4v) is 3.59. The largest absolute Gasteiger partial charge is 0.381 e. The Labute approximate surface area is 124 Å². The third-order valence-corrected chi connectivity index (χ3v) is 4.64. The molecule has 4 nitrogen and oxygen atoms in total. The van der Waals surface area contributed by atoms with Crippen molar-refractivity contribution in [2.45, 2.75) is 57.6 Å². The van der Waals surface area contributed by atoms with Gasteiger partial charge in [-0.15, -0.1) is 0 Å². The maximum atomic E-state index is 6.16. The summed E-state index contributed by atoms with van der Waals surface area (Å²) in [6.45, 7) is 10.3. The van der Waals surface area contributed by atoms with Crippen LogP contribution >= 0.6 is 0 Å². The second-order valence-corrected chi connectivity index (χ2v) is 6.82. The number of nitrogens with two attached hydrogens (primary N) is 1. The Kier molecular flexibility index (Phi) is 6.27. The van der Waals surface area contributed by atoms with Crippen molar-refractivity contribution < 1.29 is 9.47 Å². The van der Waals surface area contributed by atoms with Gasteiger partial charge in [-0.05, 0) is 51.1 Å². The van der Waals surface area contributed by atoms with Crippen LogP contribution in [0.4, 0.5) is 0 Å². The van der Waals surface area contributed by atoms with E-state index in [1.165, 1.54) is 19.4 Å². The van der Waals surface area contributed by atoms with Crippen LogP contribution in [-0.2, 0) is 9.47 Å². The first kappa shape index (κ1) is 16.2. The standard InChI is InChI=1S/C16H32N2O2/c1-14(2)13-18(8-3-7-17)15-4-9-20-16(12-15)5-10-19-11-6-16/h14-15H,3-13,17H2,1-2H3. The molecule has 2 rings (SSSR count). The summed E-state index contributed by atoms with van der Waals surface area (Å²) in [5.41, 5.74) is 5.80. The van der Waals surface area contributed by atoms with Crippen molar-refractivity contribution in [1.82, 2.24) is 4.90 Å². The van der Waals surface area contributed by atoms with E-state index in [2.05, 4.69) is 18.7 Å². The molecule has 0 aromatic rings. The van der Waals surface area contributed by atoms with Gasteiger partial charge in [-0.2, -0.15) is 0 Å². The SMILES string of the molecule is CC(C)CN(CCCN)C1CCOC2(CCOCC2)C1.